The molecule has 6 aromatic carbocycles. The van der Waals surface area contributed by atoms with Crippen molar-refractivity contribution in [2.75, 3.05) is 0 Å². The van der Waals surface area contributed by atoms with Gasteiger partial charge in [-0.2, -0.15) is 0 Å². The van der Waals surface area contributed by atoms with Gasteiger partial charge in [-0.05, 0) is 22.4 Å². The molecule has 0 aromatic heterocycles. The van der Waals surface area contributed by atoms with E-state index in [1.165, 1.54) is 0 Å². The van der Waals surface area contributed by atoms with Crippen LogP contribution in [0.25, 0.3) is 4.76 Å². The minimum Gasteiger partial charge on any atom is -0.374 e. The van der Waals surface area contributed by atoms with Gasteiger partial charge in [-0.25, -0.2) is 114 Å². The predicted octanol–water partition coefficient (Wildman–Crippen LogP) is 8.31. The van der Waals surface area contributed by atoms with Gasteiger partial charge in [0.15, 0.2) is 81.4 Å². The average molecular weight is 978 g/mol. The fourth-order valence-corrected chi connectivity index (χ4v) is 7.33. The molecule has 0 N–H and O–H groups in total. The summed E-state index contributed by atoms with van der Waals surface area (Å²) in [7, 11) is 0. The normalized spacial score (nSPS) is 12.0. The topological polar surface area (TPSA) is 4.36 Å². The Hall–Kier alpha value is -6.88. The van der Waals surface area contributed by atoms with E-state index in [4.69, 9.17) is 0 Å². The van der Waals surface area contributed by atoms with Crippen LogP contribution in [0, 0.1) is 157 Å². The van der Waals surface area contributed by atoms with E-state index in [1.807, 2.05) is 0 Å². The molecule has 6 aromatic rings. The Labute approximate surface area is 345 Å². The molecule has 0 atom stereocenters. The van der Waals surface area contributed by atoms with Gasteiger partial charge in [0.25, 0.3) is 6.15 Å². The first-order valence-electron chi connectivity index (χ1n) is 16.7. The van der Waals surface area contributed by atoms with Crippen LogP contribution in [0.1, 0.15) is 0 Å². The lowest BCUT2D eigenvalue weighted by molar-refractivity contribution is 0.383. The lowest BCUT2D eigenvalue weighted by Crippen LogP contribution is -2.74. The number of nitrogens with zero attached hydrogens (tertiary/aromatic N) is 1. The van der Waals surface area contributed by atoms with Crippen LogP contribution in [0.5, 0.6) is 0 Å². The number of benzene rings is 6. The van der Waals surface area contributed by atoms with Crippen molar-refractivity contribution in [3.05, 3.63) is 180 Å². The van der Waals surface area contributed by atoms with Gasteiger partial charge in [-0.15, -0.1) is 16.4 Å². The fraction of sp³-hybridized carbons (Fsp3) is 0. The third-order valence-corrected chi connectivity index (χ3v) is 10.1. The Bertz CT molecular complexity index is 2700. The first-order valence-corrected chi connectivity index (χ1v) is 16.7. The zero-order valence-corrected chi connectivity index (χ0v) is 30.2. The maximum absolute atomic E-state index is 16.2. The molecule has 0 spiro atoms. The standard InChI is InChI=1S/C37H4B2F26N/c40-6-1-7(41)21(49)14(20(6)48)38(15-22(50)8(42)2-9(43)23(15)51,16-28(56)32(60)36(64)33(61)29(16)57)5-66-39(17-24(52)10(44)3-11(45)25(17)53,18-26(54)12(46)4-13(47)27(18)55)19-30(58)34(62)37(65)35(63)31(19)59/h1-4H/q-1. The molecule has 0 aliphatic heterocycles. The van der Waals surface area contributed by atoms with Gasteiger partial charge >= 0.3 is 6.28 Å². The molecule has 6 rings (SSSR count). The summed E-state index contributed by atoms with van der Waals surface area (Å²) in [5, 5.41) is 0. The van der Waals surface area contributed by atoms with Crippen molar-refractivity contribution in [1.29, 1.82) is 0 Å². The molecule has 0 heterocycles. The summed E-state index contributed by atoms with van der Waals surface area (Å²) in [6.07, 6.45) is -14.7. The molecule has 66 heavy (non-hydrogen) atoms. The van der Waals surface area contributed by atoms with E-state index < -0.39 is 221 Å². The molecular weight excluding hydrogens is 974 g/mol. The Morgan fingerprint density at radius 2 is 0.394 bits per heavy atom. The Morgan fingerprint density at radius 3 is 0.636 bits per heavy atom. The van der Waals surface area contributed by atoms with Crippen LogP contribution in [-0.2, 0) is 0 Å². The molecule has 0 aliphatic rings. The second kappa shape index (κ2) is 16.5. The molecular formula is C37H4B2F26N-. The first kappa shape index (κ1) is 48.6. The van der Waals surface area contributed by atoms with Crippen LogP contribution in [0.3, 0.4) is 0 Å². The summed E-state index contributed by atoms with van der Waals surface area (Å²) < 4.78 is 407. The predicted molar refractivity (Wildman–Crippen MR) is 174 cm³/mol. The highest BCUT2D eigenvalue weighted by Crippen LogP contribution is 2.30. The number of hydrogen-bond acceptors (Lipinski definition) is 0. The second-order valence-corrected chi connectivity index (χ2v) is 13.4. The van der Waals surface area contributed by atoms with Crippen molar-refractivity contribution in [1.82, 2.24) is 0 Å². The van der Waals surface area contributed by atoms with Crippen LogP contribution in [0.2, 0.25) is 0 Å². The van der Waals surface area contributed by atoms with E-state index in [9.17, 15) is 8.78 Å². The average Bonchev–Trinajstić information content (AvgIpc) is 3.25. The SMILES string of the molecule is Fc1cc(F)c(F)c([B-](C#[N+][B-](c2c(F)c(F)cc(F)c2F)(c2c(F)c(F)cc(F)c2F)c2c(F)c(F)c(F)c(F)c2F)(c2c(F)c(F)cc(F)c2F)c2c(F)c(F)c(F)c(F)c2F)c1F. The third-order valence-electron chi connectivity index (χ3n) is 10.1. The molecule has 0 saturated carbocycles. The molecule has 0 fully saturated rings. The summed E-state index contributed by atoms with van der Waals surface area (Å²) >= 11 is 0. The van der Waals surface area contributed by atoms with Crippen molar-refractivity contribution < 1.29 is 114 Å². The highest BCUT2D eigenvalue weighted by Gasteiger charge is 2.59. The van der Waals surface area contributed by atoms with E-state index in [-0.39, 0.29) is 5.97 Å². The van der Waals surface area contributed by atoms with Gasteiger partial charge < -0.3 is 4.76 Å². The number of rotatable bonds is 6. The number of hydrogen-bond donors (Lipinski definition) is 0. The quantitative estimate of drug-likeness (QED) is 0.0686. The summed E-state index contributed by atoms with van der Waals surface area (Å²) in [6.45, 7) is 0. The molecule has 0 amide bonds. The highest BCUT2D eigenvalue weighted by atomic mass is 19.2. The van der Waals surface area contributed by atoms with Crippen LogP contribution in [0.15, 0.2) is 24.3 Å². The molecule has 0 radical (unpaired) electrons. The molecule has 1 nitrogen and oxygen atoms in total. The monoisotopic (exact) mass is 978 g/mol. The largest absolute Gasteiger partial charge is 0.490 e. The van der Waals surface area contributed by atoms with Crippen molar-refractivity contribution >= 4 is 45.2 Å². The summed E-state index contributed by atoms with van der Waals surface area (Å²) in [5.74, 6) is -90.0. The summed E-state index contributed by atoms with van der Waals surface area (Å²) in [4.78, 5) is 0. The maximum atomic E-state index is 16.2. The Kier molecular flexibility index (Phi) is 12.2. The van der Waals surface area contributed by atoms with E-state index in [2.05, 4.69) is 4.76 Å². The van der Waals surface area contributed by atoms with Crippen molar-refractivity contribution in [2.45, 2.75) is 0 Å². The van der Waals surface area contributed by atoms with Crippen LogP contribution in [0.4, 0.5) is 114 Å². The van der Waals surface area contributed by atoms with Gasteiger partial charge in [0, 0.05) is 24.3 Å². The molecule has 0 unspecified atom stereocenters. The van der Waals surface area contributed by atoms with E-state index in [0.717, 1.165) is 0 Å². The lowest BCUT2D eigenvalue weighted by atomic mass is 9.15. The molecule has 0 aliphatic carbocycles. The summed E-state index contributed by atoms with van der Waals surface area (Å²) in [6, 6.07) is -3.98. The third kappa shape index (κ3) is 6.68. The molecule has 0 bridgehead atoms. The zero-order valence-electron chi connectivity index (χ0n) is 30.2. The van der Waals surface area contributed by atoms with Gasteiger partial charge in [0.05, 0.1) is 0 Å². The second-order valence-electron chi connectivity index (χ2n) is 13.4. The van der Waals surface area contributed by atoms with Crippen molar-refractivity contribution in [2.24, 2.45) is 0 Å². The minimum atomic E-state index is -7.38. The van der Waals surface area contributed by atoms with E-state index in [1.54, 1.807) is 0 Å². The van der Waals surface area contributed by atoms with Crippen LogP contribution < -0.4 is 32.8 Å². The zero-order chi connectivity index (χ0) is 49.7. The minimum absolute atomic E-state index is 0.265. The number of halogens is 26. The van der Waals surface area contributed by atoms with Gasteiger partial charge in [0.1, 0.15) is 69.8 Å². The van der Waals surface area contributed by atoms with Gasteiger partial charge in [-0.3, -0.25) is 0 Å². The molecule has 0 saturated heterocycles. The lowest BCUT2D eigenvalue weighted by Gasteiger charge is -2.37. The molecule has 346 valence electrons. The molecule has 29 heteroatoms. The highest BCUT2D eigenvalue weighted by molar-refractivity contribution is 7.19. The van der Waals surface area contributed by atoms with Crippen molar-refractivity contribution in [3.8, 4) is 5.97 Å². The van der Waals surface area contributed by atoms with Gasteiger partial charge in [-0.1, -0.05) is 0 Å². The fourth-order valence-electron chi connectivity index (χ4n) is 7.33. The van der Waals surface area contributed by atoms with E-state index >= 15 is 105 Å². The first-order chi connectivity index (χ1) is 30.5. The van der Waals surface area contributed by atoms with Gasteiger partial charge in [0.2, 0.25) is 0 Å². The van der Waals surface area contributed by atoms with Crippen LogP contribution in [-0.4, -0.2) is 12.4 Å². The smallest absolute Gasteiger partial charge is 0.374 e. The summed E-state index contributed by atoms with van der Waals surface area (Å²) in [5.41, 5.74) is -21.5. The van der Waals surface area contributed by atoms with Crippen molar-refractivity contribution in [3.63, 3.8) is 0 Å². The Morgan fingerprint density at radius 1 is 0.227 bits per heavy atom. The Balaban J connectivity index is 2.22. The van der Waals surface area contributed by atoms with E-state index in [0.29, 0.717) is 0 Å². The van der Waals surface area contributed by atoms with Crippen LogP contribution >= 0.6 is 0 Å². The maximum Gasteiger partial charge on any atom is 0.490 e.